The van der Waals surface area contributed by atoms with Gasteiger partial charge < -0.3 is 10.2 Å². The monoisotopic (exact) mass is 508 g/mol. The van der Waals surface area contributed by atoms with Crippen LogP contribution >= 0.6 is 0 Å². The third kappa shape index (κ3) is 3.50. The van der Waals surface area contributed by atoms with Gasteiger partial charge in [0.1, 0.15) is 6.04 Å². The average molecular weight is 509 g/mol. The van der Waals surface area contributed by atoms with E-state index in [1.54, 1.807) is 6.07 Å². The maximum atomic E-state index is 14.0. The highest BCUT2D eigenvalue weighted by atomic mass is 16.6. The first-order valence-electron chi connectivity index (χ1n) is 12.3. The van der Waals surface area contributed by atoms with Crippen molar-refractivity contribution >= 4 is 46.5 Å². The van der Waals surface area contributed by atoms with E-state index in [0.29, 0.717) is 11.4 Å². The van der Waals surface area contributed by atoms with Gasteiger partial charge in [-0.2, -0.15) is 0 Å². The Kier molecular flexibility index (Phi) is 5.37. The number of fused-ring (bicyclic) bond motifs is 5. The molecule has 3 heterocycles. The lowest BCUT2D eigenvalue weighted by molar-refractivity contribution is -0.384. The van der Waals surface area contributed by atoms with E-state index in [2.05, 4.69) is 5.32 Å². The topological polar surface area (TPSA) is 113 Å². The molecule has 0 aromatic heterocycles. The van der Waals surface area contributed by atoms with Crippen molar-refractivity contribution in [2.75, 3.05) is 15.1 Å². The summed E-state index contributed by atoms with van der Waals surface area (Å²) in [6, 6.07) is 17.2. The number of aryl methyl sites for hydroxylation is 2. The number of non-ortho nitro benzene ring substituents is 1. The van der Waals surface area contributed by atoms with E-state index in [0.717, 1.165) is 22.4 Å². The Morgan fingerprint density at radius 2 is 1.63 bits per heavy atom. The molecule has 0 saturated carbocycles. The molecule has 9 heteroatoms. The highest BCUT2D eigenvalue weighted by Gasteiger charge is 2.64. The molecule has 0 aliphatic carbocycles. The van der Waals surface area contributed by atoms with Gasteiger partial charge in [-0.25, -0.2) is 4.90 Å². The first kappa shape index (κ1) is 23.6. The molecule has 190 valence electrons. The number of imide groups is 1. The molecule has 3 aromatic carbocycles. The van der Waals surface area contributed by atoms with Crippen molar-refractivity contribution in [2.24, 2.45) is 11.8 Å². The quantitative estimate of drug-likeness (QED) is 0.320. The first-order valence-corrected chi connectivity index (χ1v) is 12.3. The Bertz CT molecular complexity index is 1550. The Morgan fingerprint density at radius 3 is 2.34 bits per heavy atom. The molecule has 0 bridgehead atoms. The Hall–Kier alpha value is -4.79. The summed E-state index contributed by atoms with van der Waals surface area (Å²) in [4.78, 5) is 55.3. The summed E-state index contributed by atoms with van der Waals surface area (Å²) >= 11 is 0. The van der Waals surface area contributed by atoms with Gasteiger partial charge in [0.2, 0.25) is 17.7 Å². The molecule has 1 N–H and O–H groups in total. The Morgan fingerprint density at radius 1 is 0.921 bits per heavy atom. The van der Waals surface area contributed by atoms with Crippen LogP contribution in [0.2, 0.25) is 0 Å². The van der Waals surface area contributed by atoms with Crippen molar-refractivity contribution in [2.45, 2.75) is 25.9 Å². The highest BCUT2D eigenvalue weighted by Crippen LogP contribution is 2.49. The molecule has 2 saturated heterocycles. The van der Waals surface area contributed by atoms with E-state index in [9.17, 15) is 24.5 Å². The van der Waals surface area contributed by atoms with Crippen molar-refractivity contribution in [1.82, 2.24) is 0 Å². The Labute approximate surface area is 218 Å². The first-order chi connectivity index (χ1) is 18.3. The molecule has 3 aliphatic heterocycles. The minimum atomic E-state index is -0.960. The van der Waals surface area contributed by atoms with Crippen LogP contribution in [0.3, 0.4) is 0 Å². The van der Waals surface area contributed by atoms with Gasteiger partial charge >= 0.3 is 0 Å². The zero-order chi connectivity index (χ0) is 26.7. The zero-order valence-electron chi connectivity index (χ0n) is 20.7. The smallest absolute Gasteiger partial charge is 0.269 e. The predicted octanol–water partition coefficient (Wildman–Crippen LogP) is 4.24. The van der Waals surface area contributed by atoms with Crippen molar-refractivity contribution in [3.63, 3.8) is 0 Å². The summed E-state index contributed by atoms with van der Waals surface area (Å²) in [5.41, 5.74) is 4.29. The Balaban J connectivity index is 1.42. The van der Waals surface area contributed by atoms with Crippen LogP contribution in [0.15, 0.2) is 72.8 Å². The zero-order valence-corrected chi connectivity index (χ0v) is 20.7. The van der Waals surface area contributed by atoms with E-state index in [-0.39, 0.29) is 11.6 Å². The predicted molar refractivity (Wildman–Crippen MR) is 143 cm³/mol. The SMILES string of the molecule is Cc1ccc(N2C(=O)[C@@H]3[C@H](C2=O)[C@@H](C(=O)Nc2ccc([N+](=O)[O-])cc2)N2c4ccccc4C=C[C@H]32)c(C)c1. The number of nitrogens with one attached hydrogen (secondary N) is 1. The summed E-state index contributed by atoms with van der Waals surface area (Å²) in [5, 5.41) is 13.9. The number of hydrogen-bond donors (Lipinski definition) is 1. The minimum Gasteiger partial charge on any atom is -0.351 e. The number of carbonyl (C=O) groups is 3. The number of nitrogens with zero attached hydrogens (tertiary/aromatic N) is 3. The summed E-state index contributed by atoms with van der Waals surface area (Å²) in [6.07, 6.45) is 3.83. The van der Waals surface area contributed by atoms with Gasteiger partial charge in [0, 0.05) is 23.5 Å². The molecule has 3 aromatic rings. The number of para-hydroxylation sites is 1. The van der Waals surface area contributed by atoms with Crippen LogP contribution in [-0.4, -0.2) is 34.7 Å². The van der Waals surface area contributed by atoms with Crippen LogP contribution in [0.5, 0.6) is 0 Å². The molecule has 2 fully saturated rings. The van der Waals surface area contributed by atoms with Crippen LogP contribution in [0.1, 0.15) is 16.7 Å². The van der Waals surface area contributed by atoms with E-state index in [4.69, 9.17) is 0 Å². The molecule has 38 heavy (non-hydrogen) atoms. The average Bonchev–Trinajstić information content (AvgIpc) is 3.37. The van der Waals surface area contributed by atoms with E-state index in [1.165, 1.54) is 29.2 Å². The van der Waals surface area contributed by atoms with Crippen LogP contribution < -0.4 is 15.1 Å². The van der Waals surface area contributed by atoms with Crippen LogP contribution in [0.4, 0.5) is 22.7 Å². The second kappa shape index (κ2) is 8.65. The van der Waals surface area contributed by atoms with Gasteiger partial charge in [0.25, 0.3) is 5.69 Å². The van der Waals surface area contributed by atoms with Crippen LogP contribution in [-0.2, 0) is 14.4 Å². The molecule has 9 nitrogen and oxygen atoms in total. The number of nitro groups is 1. The maximum absolute atomic E-state index is 14.0. The lowest BCUT2D eigenvalue weighted by Crippen LogP contribution is -2.50. The van der Waals surface area contributed by atoms with Gasteiger partial charge in [-0.1, -0.05) is 48.0 Å². The molecular formula is C29H24N4O5. The molecule has 4 atom stereocenters. The fourth-order valence-corrected chi connectivity index (χ4v) is 5.99. The molecular weight excluding hydrogens is 484 g/mol. The molecule has 3 aliphatic rings. The fourth-order valence-electron chi connectivity index (χ4n) is 5.99. The number of hydrogen-bond acceptors (Lipinski definition) is 6. The third-order valence-corrected chi connectivity index (χ3v) is 7.62. The van der Waals surface area contributed by atoms with E-state index in [1.807, 2.05) is 67.3 Å². The molecule has 0 spiro atoms. The number of nitro benzene ring substituents is 1. The molecule has 0 unspecified atom stereocenters. The molecule has 0 radical (unpaired) electrons. The van der Waals surface area contributed by atoms with Gasteiger partial charge in [-0.05, 0) is 49.2 Å². The summed E-state index contributed by atoms with van der Waals surface area (Å²) in [5.74, 6) is -2.82. The lowest BCUT2D eigenvalue weighted by atomic mass is 9.88. The summed E-state index contributed by atoms with van der Waals surface area (Å²) in [6.45, 7) is 3.80. The lowest BCUT2D eigenvalue weighted by Gasteiger charge is -2.36. The van der Waals surface area contributed by atoms with Gasteiger partial charge in [0.05, 0.1) is 28.5 Å². The van der Waals surface area contributed by atoms with Crippen molar-refractivity contribution in [3.8, 4) is 0 Å². The van der Waals surface area contributed by atoms with Gasteiger partial charge in [-0.3, -0.25) is 24.5 Å². The molecule has 6 rings (SSSR count). The number of benzene rings is 3. The molecule has 3 amide bonds. The third-order valence-electron chi connectivity index (χ3n) is 7.62. The summed E-state index contributed by atoms with van der Waals surface area (Å²) < 4.78 is 0. The second-order valence-corrected chi connectivity index (χ2v) is 9.91. The number of anilines is 3. The minimum absolute atomic E-state index is 0.0974. The maximum Gasteiger partial charge on any atom is 0.269 e. The normalized spacial score (nSPS) is 23.2. The standard InChI is InChI=1S/C29H24N4O5/c1-16-7-13-21(17(2)15-16)32-28(35)24-23-14-8-18-5-3-4-6-22(18)31(23)26(25(24)29(32)36)27(34)30-19-9-11-20(12-10-19)33(37)38/h3-15,23-26H,1-2H3,(H,30,34)/t23-,24+,25+,26+/m1/s1. The van der Waals surface area contributed by atoms with Crippen LogP contribution in [0.25, 0.3) is 6.08 Å². The van der Waals surface area contributed by atoms with Gasteiger partial charge in [0.15, 0.2) is 0 Å². The number of carbonyl (C=O) groups excluding carboxylic acids is 3. The second-order valence-electron chi connectivity index (χ2n) is 9.91. The number of rotatable bonds is 4. The van der Waals surface area contributed by atoms with Crippen molar-refractivity contribution in [3.05, 3.63) is 99.6 Å². The van der Waals surface area contributed by atoms with Crippen molar-refractivity contribution < 1.29 is 19.3 Å². The fraction of sp³-hybridized carbons (Fsp3) is 0.207. The van der Waals surface area contributed by atoms with E-state index >= 15 is 0 Å². The van der Waals surface area contributed by atoms with Gasteiger partial charge in [-0.15, -0.1) is 0 Å². The largest absolute Gasteiger partial charge is 0.351 e. The van der Waals surface area contributed by atoms with Crippen molar-refractivity contribution in [1.29, 1.82) is 0 Å². The highest BCUT2D eigenvalue weighted by molar-refractivity contribution is 6.25. The van der Waals surface area contributed by atoms with E-state index < -0.39 is 40.7 Å². The van der Waals surface area contributed by atoms with Crippen LogP contribution in [0, 0.1) is 35.8 Å². The number of amides is 3. The summed E-state index contributed by atoms with van der Waals surface area (Å²) in [7, 11) is 0.